The molecule has 1 aliphatic rings. The molecule has 1 saturated heterocycles. The van der Waals surface area contributed by atoms with Crippen LogP contribution in [0, 0.1) is 0 Å². The normalized spacial score (nSPS) is 17.6. The number of benzene rings is 2. The molecule has 1 heterocycles. The second-order valence-corrected chi connectivity index (χ2v) is 5.26. The van der Waals surface area contributed by atoms with Crippen LogP contribution < -0.4 is 9.47 Å². The van der Waals surface area contributed by atoms with Gasteiger partial charge < -0.3 is 19.1 Å². The molecular weight excluding hydrogens is 294 g/mol. The smallest absolute Gasteiger partial charge is 0.415 e. The zero-order valence-electron chi connectivity index (χ0n) is 13.0. The van der Waals surface area contributed by atoms with Crippen molar-refractivity contribution < 1.29 is 19.0 Å². The van der Waals surface area contributed by atoms with Crippen molar-refractivity contribution in [1.29, 1.82) is 0 Å². The van der Waals surface area contributed by atoms with Gasteiger partial charge in [-0.1, -0.05) is 30.3 Å². The van der Waals surface area contributed by atoms with Crippen LogP contribution in [-0.4, -0.2) is 37.8 Å². The van der Waals surface area contributed by atoms with Gasteiger partial charge in [0.25, 0.3) is 0 Å². The molecule has 0 saturated carbocycles. The van der Waals surface area contributed by atoms with Crippen LogP contribution in [0.15, 0.2) is 54.6 Å². The van der Waals surface area contributed by atoms with E-state index < -0.39 is 0 Å². The quantitative estimate of drug-likeness (QED) is 0.872. The number of hydrogen-bond acceptors (Lipinski definition) is 4. The maximum atomic E-state index is 12.3. The summed E-state index contributed by atoms with van der Waals surface area (Å²) in [7, 11) is 1.63. The van der Waals surface area contributed by atoms with Crippen molar-refractivity contribution in [2.45, 2.75) is 6.10 Å². The van der Waals surface area contributed by atoms with Gasteiger partial charge >= 0.3 is 6.09 Å². The van der Waals surface area contributed by atoms with Gasteiger partial charge in [-0.15, -0.1) is 0 Å². The van der Waals surface area contributed by atoms with Crippen LogP contribution in [0.25, 0.3) is 0 Å². The van der Waals surface area contributed by atoms with Gasteiger partial charge in [0.15, 0.2) is 0 Å². The van der Waals surface area contributed by atoms with Crippen LogP contribution in [0.4, 0.5) is 4.79 Å². The second kappa shape index (κ2) is 7.15. The van der Waals surface area contributed by atoms with E-state index in [1.54, 1.807) is 24.1 Å². The third kappa shape index (κ3) is 3.81. The maximum absolute atomic E-state index is 12.3. The SMILES string of the molecule is COc1ccc(C2CN(C(=O)Oc3ccccc3)CCO2)cc1. The summed E-state index contributed by atoms with van der Waals surface area (Å²) >= 11 is 0. The molecule has 0 bridgehead atoms. The summed E-state index contributed by atoms with van der Waals surface area (Å²) in [6.45, 7) is 1.48. The van der Waals surface area contributed by atoms with Crippen molar-refractivity contribution in [2.75, 3.05) is 26.8 Å². The zero-order chi connectivity index (χ0) is 16.1. The lowest BCUT2D eigenvalue weighted by Crippen LogP contribution is -2.43. The van der Waals surface area contributed by atoms with E-state index in [1.165, 1.54) is 0 Å². The van der Waals surface area contributed by atoms with Crippen LogP contribution in [0.2, 0.25) is 0 Å². The van der Waals surface area contributed by atoms with Crippen LogP contribution in [0.1, 0.15) is 11.7 Å². The number of ether oxygens (including phenoxy) is 3. The summed E-state index contributed by atoms with van der Waals surface area (Å²) in [5.74, 6) is 1.34. The number of amides is 1. The van der Waals surface area contributed by atoms with Gasteiger partial charge in [0.1, 0.15) is 17.6 Å². The second-order valence-electron chi connectivity index (χ2n) is 5.26. The van der Waals surface area contributed by atoms with Crippen molar-refractivity contribution in [2.24, 2.45) is 0 Å². The molecule has 1 unspecified atom stereocenters. The van der Waals surface area contributed by atoms with Gasteiger partial charge in [0.05, 0.1) is 20.3 Å². The lowest BCUT2D eigenvalue weighted by atomic mass is 10.1. The first-order chi connectivity index (χ1) is 11.3. The highest BCUT2D eigenvalue weighted by atomic mass is 16.6. The summed E-state index contributed by atoms with van der Waals surface area (Å²) in [4.78, 5) is 13.9. The summed E-state index contributed by atoms with van der Waals surface area (Å²) in [6, 6.07) is 16.8. The van der Waals surface area contributed by atoms with Gasteiger partial charge in [0, 0.05) is 6.54 Å². The fourth-order valence-electron chi connectivity index (χ4n) is 2.49. The molecule has 5 heteroatoms. The van der Waals surface area contributed by atoms with E-state index in [-0.39, 0.29) is 12.2 Å². The molecule has 0 spiro atoms. The minimum absolute atomic E-state index is 0.155. The van der Waals surface area contributed by atoms with Crippen molar-refractivity contribution in [3.8, 4) is 11.5 Å². The standard InChI is InChI=1S/C18H19NO4/c1-21-15-9-7-14(8-10-15)17-13-19(11-12-22-17)18(20)23-16-5-3-2-4-6-16/h2-10,17H,11-13H2,1H3. The molecule has 0 N–H and O–H groups in total. The Labute approximate surface area is 135 Å². The highest BCUT2D eigenvalue weighted by Gasteiger charge is 2.26. The largest absolute Gasteiger partial charge is 0.497 e. The molecule has 1 amide bonds. The molecule has 0 aromatic heterocycles. The Balaban J connectivity index is 1.64. The van der Waals surface area contributed by atoms with E-state index in [9.17, 15) is 4.79 Å². The number of morpholine rings is 1. The number of rotatable bonds is 3. The van der Waals surface area contributed by atoms with Gasteiger partial charge in [-0.2, -0.15) is 0 Å². The van der Waals surface area contributed by atoms with Gasteiger partial charge in [-0.05, 0) is 29.8 Å². The van der Waals surface area contributed by atoms with E-state index in [1.807, 2.05) is 42.5 Å². The topological polar surface area (TPSA) is 48.0 Å². The average Bonchev–Trinajstić information content (AvgIpc) is 2.63. The van der Waals surface area contributed by atoms with Gasteiger partial charge in [-0.25, -0.2) is 4.79 Å². The molecule has 1 atom stereocenters. The van der Waals surface area contributed by atoms with E-state index in [4.69, 9.17) is 14.2 Å². The summed E-state index contributed by atoms with van der Waals surface area (Å²) in [5.41, 5.74) is 1.02. The summed E-state index contributed by atoms with van der Waals surface area (Å²) in [5, 5.41) is 0. The fraction of sp³-hybridized carbons (Fsp3) is 0.278. The van der Waals surface area contributed by atoms with Crippen molar-refractivity contribution >= 4 is 6.09 Å². The monoisotopic (exact) mass is 313 g/mol. The van der Waals surface area contributed by atoms with E-state index in [2.05, 4.69) is 0 Å². The third-order valence-electron chi connectivity index (χ3n) is 3.76. The lowest BCUT2D eigenvalue weighted by Gasteiger charge is -2.32. The number of hydrogen-bond donors (Lipinski definition) is 0. The molecule has 120 valence electrons. The molecule has 5 nitrogen and oxygen atoms in total. The Morgan fingerprint density at radius 3 is 2.52 bits per heavy atom. The van der Waals surface area contributed by atoms with Crippen LogP contribution in [0.3, 0.4) is 0 Å². The predicted octanol–water partition coefficient (Wildman–Crippen LogP) is 3.27. The molecule has 0 radical (unpaired) electrons. The molecule has 3 rings (SSSR count). The minimum Gasteiger partial charge on any atom is -0.497 e. The summed E-state index contributed by atoms with van der Waals surface area (Å²) < 4.78 is 16.3. The first kappa shape index (κ1) is 15.4. The fourth-order valence-corrected chi connectivity index (χ4v) is 2.49. The number of para-hydroxylation sites is 1. The van der Waals surface area contributed by atoms with E-state index >= 15 is 0 Å². The highest BCUT2D eigenvalue weighted by molar-refractivity contribution is 5.70. The molecule has 1 fully saturated rings. The Kier molecular flexibility index (Phi) is 4.78. The first-order valence-electron chi connectivity index (χ1n) is 7.53. The summed E-state index contributed by atoms with van der Waals surface area (Å²) in [6.07, 6.45) is -0.504. The molecule has 2 aromatic rings. The van der Waals surface area contributed by atoms with Gasteiger partial charge in [-0.3, -0.25) is 0 Å². The Hall–Kier alpha value is -2.53. The Morgan fingerprint density at radius 2 is 1.83 bits per heavy atom. The van der Waals surface area contributed by atoms with Gasteiger partial charge in [0.2, 0.25) is 0 Å². The molecular formula is C18H19NO4. The highest BCUT2D eigenvalue weighted by Crippen LogP contribution is 2.25. The van der Waals surface area contributed by atoms with Crippen molar-refractivity contribution in [1.82, 2.24) is 4.90 Å². The van der Waals surface area contributed by atoms with Crippen LogP contribution in [0.5, 0.6) is 11.5 Å². The van der Waals surface area contributed by atoms with Crippen molar-refractivity contribution in [3.05, 3.63) is 60.2 Å². The van der Waals surface area contributed by atoms with E-state index in [0.717, 1.165) is 11.3 Å². The van der Waals surface area contributed by atoms with Crippen LogP contribution in [-0.2, 0) is 4.74 Å². The zero-order valence-corrected chi connectivity index (χ0v) is 13.0. The minimum atomic E-state index is -0.349. The van der Waals surface area contributed by atoms with Crippen LogP contribution >= 0.6 is 0 Å². The molecule has 2 aromatic carbocycles. The predicted molar refractivity (Wildman–Crippen MR) is 85.7 cm³/mol. The Morgan fingerprint density at radius 1 is 1.09 bits per heavy atom. The van der Waals surface area contributed by atoms with Crippen molar-refractivity contribution in [3.63, 3.8) is 0 Å². The number of carbonyl (C=O) groups is 1. The average molecular weight is 313 g/mol. The number of carbonyl (C=O) groups excluding carboxylic acids is 1. The number of nitrogens with zero attached hydrogens (tertiary/aromatic N) is 1. The molecule has 23 heavy (non-hydrogen) atoms. The number of methoxy groups -OCH3 is 1. The van der Waals surface area contributed by atoms with E-state index in [0.29, 0.717) is 25.4 Å². The maximum Gasteiger partial charge on any atom is 0.415 e. The molecule has 0 aliphatic carbocycles. The first-order valence-corrected chi connectivity index (χ1v) is 7.53. The third-order valence-corrected chi connectivity index (χ3v) is 3.76. The molecule has 1 aliphatic heterocycles. The lowest BCUT2D eigenvalue weighted by molar-refractivity contribution is -0.0218. The Bertz CT molecular complexity index is 642.